The molecule has 1 heterocycles. The molecule has 0 spiro atoms. The molecule has 0 aromatic carbocycles. The van der Waals surface area contributed by atoms with Gasteiger partial charge in [0.1, 0.15) is 0 Å². The largest absolute Gasteiger partial charge is 0.391 e. The fraction of sp³-hybridized carbons (Fsp3) is 0.917. The van der Waals surface area contributed by atoms with E-state index in [0.717, 1.165) is 25.9 Å². The Labute approximate surface area is 103 Å². The molecule has 0 aromatic heterocycles. The van der Waals surface area contributed by atoms with Crippen LogP contribution in [0.3, 0.4) is 0 Å². The van der Waals surface area contributed by atoms with Crippen molar-refractivity contribution in [1.29, 1.82) is 0 Å². The van der Waals surface area contributed by atoms with Gasteiger partial charge >= 0.3 is 0 Å². The molecule has 0 aliphatic carbocycles. The molecule has 1 fully saturated rings. The zero-order valence-electron chi connectivity index (χ0n) is 10.6. The van der Waals surface area contributed by atoms with Crippen molar-refractivity contribution < 1.29 is 14.6 Å². The monoisotopic (exact) mass is 244 g/mol. The van der Waals surface area contributed by atoms with E-state index in [1.165, 1.54) is 0 Å². The number of aliphatic hydroxyl groups is 1. The van der Waals surface area contributed by atoms with E-state index in [2.05, 4.69) is 10.6 Å². The summed E-state index contributed by atoms with van der Waals surface area (Å²) in [6.07, 6.45) is 2.84. The van der Waals surface area contributed by atoms with Gasteiger partial charge in [0.2, 0.25) is 5.91 Å². The van der Waals surface area contributed by atoms with E-state index in [4.69, 9.17) is 4.74 Å². The number of nitrogens with one attached hydrogen (secondary N) is 2. The second kappa shape index (κ2) is 8.44. The minimum Gasteiger partial charge on any atom is -0.391 e. The first kappa shape index (κ1) is 14.4. The molecule has 5 heteroatoms. The third kappa shape index (κ3) is 6.61. The number of piperidine rings is 1. The fourth-order valence-corrected chi connectivity index (χ4v) is 2.07. The number of carbonyl (C=O) groups is 1. The Bertz CT molecular complexity index is 218. The Balaban J connectivity index is 2.04. The maximum Gasteiger partial charge on any atom is 0.220 e. The van der Waals surface area contributed by atoms with Crippen molar-refractivity contribution in [2.75, 3.05) is 33.4 Å². The van der Waals surface area contributed by atoms with E-state index in [0.29, 0.717) is 31.9 Å². The summed E-state index contributed by atoms with van der Waals surface area (Å²) in [5.41, 5.74) is 0. The zero-order chi connectivity index (χ0) is 12.5. The number of hydrogen-bond acceptors (Lipinski definition) is 4. The van der Waals surface area contributed by atoms with E-state index < -0.39 is 6.10 Å². The molecule has 0 bridgehead atoms. The molecular weight excluding hydrogens is 220 g/mol. The molecule has 1 unspecified atom stereocenters. The van der Waals surface area contributed by atoms with Crippen LogP contribution in [0, 0.1) is 5.92 Å². The van der Waals surface area contributed by atoms with E-state index in [1.807, 2.05) is 0 Å². The van der Waals surface area contributed by atoms with Crippen LogP contribution in [0.2, 0.25) is 0 Å². The molecule has 1 rings (SSSR count). The highest BCUT2D eigenvalue weighted by molar-refractivity contribution is 5.76. The molecule has 1 aliphatic heterocycles. The Kier molecular flexibility index (Phi) is 7.16. The highest BCUT2D eigenvalue weighted by Crippen LogP contribution is 2.15. The van der Waals surface area contributed by atoms with Gasteiger partial charge in [0.25, 0.3) is 0 Å². The standard InChI is InChI=1S/C12H24N2O3/c1-17-9-11(15)4-7-14-12(16)8-10-2-5-13-6-3-10/h10-11,13,15H,2-9H2,1H3,(H,14,16). The van der Waals surface area contributed by atoms with Crippen LogP contribution in [-0.4, -0.2) is 50.5 Å². The van der Waals surface area contributed by atoms with Gasteiger partial charge in [0.05, 0.1) is 12.7 Å². The third-order valence-corrected chi connectivity index (χ3v) is 3.09. The van der Waals surface area contributed by atoms with Gasteiger partial charge in [-0.3, -0.25) is 4.79 Å². The zero-order valence-corrected chi connectivity index (χ0v) is 10.6. The fourth-order valence-electron chi connectivity index (χ4n) is 2.07. The number of amides is 1. The number of ether oxygens (including phenoxy) is 1. The van der Waals surface area contributed by atoms with Crippen molar-refractivity contribution in [3.63, 3.8) is 0 Å². The maximum absolute atomic E-state index is 11.6. The average molecular weight is 244 g/mol. The summed E-state index contributed by atoms with van der Waals surface area (Å²) in [4.78, 5) is 11.6. The van der Waals surface area contributed by atoms with Crippen molar-refractivity contribution >= 4 is 5.91 Å². The molecule has 1 atom stereocenters. The predicted molar refractivity (Wildman–Crippen MR) is 65.7 cm³/mol. The Morgan fingerprint density at radius 3 is 2.88 bits per heavy atom. The Hall–Kier alpha value is -0.650. The smallest absolute Gasteiger partial charge is 0.220 e. The summed E-state index contributed by atoms with van der Waals surface area (Å²) >= 11 is 0. The van der Waals surface area contributed by atoms with Crippen LogP contribution in [0.25, 0.3) is 0 Å². The lowest BCUT2D eigenvalue weighted by atomic mass is 9.94. The molecule has 0 saturated carbocycles. The summed E-state index contributed by atoms with van der Waals surface area (Å²) in [6.45, 7) is 2.88. The van der Waals surface area contributed by atoms with Crippen LogP contribution in [0.5, 0.6) is 0 Å². The van der Waals surface area contributed by atoms with Crippen LogP contribution in [0.4, 0.5) is 0 Å². The number of methoxy groups -OCH3 is 1. The first-order valence-corrected chi connectivity index (χ1v) is 6.36. The molecule has 1 aliphatic rings. The summed E-state index contributed by atoms with van der Waals surface area (Å²) in [5, 5.41) is 15.5. The van der Waals surface area contributed by atoms with Crippen LogP contribution in [0.1, 0.15) is 25.7 Å². The van der Waals surface area contributed by atoms with Gasteiger partial charge in [0, 0.05) is 20.1 Å². The predicted octanol–water partition coefficient (Wildman–Crippen LogP) is -0.110. The molecule has 5 nitrogen and oxygen atoms in total. The lowest BCUT2D eigenvalue weighted by Gasteiger charge is -2.22. The Morgan fingerprint density at radius 1 is 1.53 bits per heavy atom. The summed E-state index contributed by atoms with van der Waals surface area (Å²) in [6, 6.07) is 0. The van der Waals surface area contributed by atoms with Crippen LogP contribution >= 0.6 is 0 Å². The molecular formula is C12H24N2O3. The van der Waals surface area contributed by atoms with Gasteiger partial charge in [-0.15, -0.1) is 0 Å². The van der Waals surface area contributed by atoms with Crippen molar-refractivity contribution in [2.45, 2.75) is 31.8 Å². The van der Waals surface area contributed by atoms with Gasteiger partial charge in [0.15, 0.2) is 0 Å². The maximum atomic E-state index is 11.6. The van der Waals surface area contributed by atoms with Gasteiger partial charge in [-0.25, -0.2) is 0 Å². The first-order valence-electron chi connectivity index (χ1n) is 6.36. The first-order chi connectivity index (χ1) is 8.22. The van der Waals surface area contributed by atoms with E-state index >= 15 is 0 Å². The summed E-state index contributed by atoms with van der Waals surface area (Å²) in [7, 11) is 1.55. The van der Waals surface area contributed by atoms with Crippen molar-refractivity contribution in [2.24, 2.45) is 5.92 Å². The minimum absolute atomic E-state index is 0.0986. The Morgan fingerprint density at radius 2 is 2.24 bits per heavy atom. The lowest BCUT2D eigenvalue weighted by molar-refractivity contribution is -0.122. The van der Waals surface area contributed by atoms with Crippen molar-refractivity contribution in [3.8, 4) is 0 Å². The number of rotatable bonds is 7. The van der Waals surface area contributed by atoms with Crippen molar-refractivity contribution in [3.05, 3.63) is 0 Å². The lowest BCUT2D eigenvalue weighted by Crippen LogP contribution is -2.33. The average Bonchev–Trinajstić information content (AvgIpc) is 2.30. The molecule has 1 saturated heterocycles. The summed E-state index contributed by atoms with van der Waals surface area (Å²) < 4.78 is 4.81. The molecule has 100 valence electrons. The van der Waals surface area contributed by atoms with Gasteiger partial charge in [-0.05, 0) is 38.3 Å². The van der Waals surface area contributed by atoms with E-state index in [1.54, 1.807) is 7.11 Å². The quantitative estimate of drug-likeness (QED) is 0.584. The van der Waals surface area contributed by atoms with Gasteiger partial charge < -0.3 is 20.5 Å². The van der Waals surface area contributed by atoms with Gasteiger partial charge in [-0.1, -0.05) is 0 Å². The second-order valence-electron chi connectivity index (χ2n) is 4.65. The van der Waals surface area contributed by atoms with Gasteiger partial charge in [-0.2, -0.15) is 0 Å². The number of carbonyl (C=O) groups excluding carboxylic acids is 1. The third-order valence-electron chi connectivity index (χ3n) is 3.09. The summed E-state index contributed by atoms with van der Waals surface area (Å²) in [5.74, 6) is 0.613. The normalized spacial score (nSPS) is 18.9. The molecule has 1 amide bonds. The highest BCUT2D eigenvalue weighted by Gasteiger charge is 2.16. The number of aliphatic hydroxyl groups excluding tert-OH is 1. The molecule has 3 N–H and O–H groups in total. The molecule has 0 radical (unpaired) electrons. The minimum atomic E-state index is -0.487. The molecule has 17 heavy (non-hydrogen) atoms. The van der Waals surface area contributed by atoms with Crippen LogP contribution in [0.15, 0.2) is 0 Å². The molecule has 0 aromatic rings. The second-order valence-corrected chi connectivity index (χ2v) is 4.65. The topological polar surface area (TPSA) is 70.6 Å². The van der Waals surface area contributed by atoms with E-state index in [-0.39, 0.29) is 5.91 Å². The van der Waals surface area contributed by atoms with E-state index in [9.17, 15) is 9.90 Å². The highest BCUT2D eigenvalue weighted by atomic mass is 16.5. The SMILES string of the molecule is COCC(O)CCNC(=O)CC1CCNCC1. The van der Waals surface area contributed by atoms with Crippen LogP contribution < -0.4 is 10.6 Å². The van der Waals surface area contributed by atoms with Crippen molar-refractivity contribution in [1.82, 2.24) is 10.6 Å². The van der Waals surface area contributed by atoms with Crippen LogP contribution in [-0.2, 0) is 9.53 Å². The number of hydrogen-bond donors (Lipinski definition) is 3.